The largest absolute Gasteiger partial charge is 0.309 e. The van der Waals surface area contributed by atoms with E-state index in [1.807, 2.05) is 0 Å². The average molecular weight is 447 g/mol. The molecule has 1 aliphatic carbocycles. The number of nitrogens with zero attached hydrogens (tertiary/aromatic N) is 1. The highest BCUT2D eigenvalue weighted by molar-refractivity contribution is 7.89. The number of anilines is 2. The van der Waals surface area contributed by atoms with E-state index in [4.69, 9.17) is 0 Å². The Morgan fingerprint density at radius 1 is 1.13 bits per heavy atom. The molecule has 2 aromatic rings. The molecule has 2 amide bonds. The van der Waals surface area contributed by atoms with Gasteiger partial charge in [-0.05, 0) is 61.7 Å². The van der Waals surface area contributed by atoms with Gasteiger partial charge in [0, 0.05) is 19.0 Å². The number of amides is 2. The molecule has 4 rings (SSSR count). The van der Waals surface area contributed by atoms with Crippen molar-refractivity contribution in [1.82, 2.24) is 10.1 Å². The van der Waals surface area contributed by atoms with E-state index < -0.39 is 27.7 Å². The molecule has 1 saturated carbocycles. The summed E-state index contributed by atoms with van der Waals surface area (Å²) in [4.78, 5) is 26.2. The minimum atomic E-state index is -3.54. The monoisotopic (exact) mass is 446 g/mol. The lowest BCUT2D eigenvalue weighted by molar-refractivity contribution is -0.125. The van der Waals surface area contributed by atoms with Gasteiger partial charge in [-0.25, -0.2) is 17.5 Å². The second-order valence-corrected chi connectivity index (χ2v) is 9.61. The van der Waals surface area contributed by atoms with E-state index in [0.717, 1.165) is 18.4 Å². The Bertz CT molecular complexity index is 1120. The lowest BCUT2D eigenvalue weighted by Crippen LogP contribution is -2.36. The Kier molecular flexibility index (Phi) is 5.67. The maximum absolute atomic E-state index is 14.2. The fraction of sp³-hybridized carbons (Fsp3) is 0.333. The van der Waals surface area contributed by atoms with Crippen LogP contribution in [0.4, 0.5) is 15.8 Å². The van der Waals surface area contributed by atoms with Crippen LogP contribution in [0, 0.1) is 18.7 Å². The lowest BCUT2D eigenvalue weighted by Gasteiger charge is -2.18. The Morgan fingerprint density at radius 3 is 2.48 bits per heavy atom. The number of carbonyl (C=O) groups is 2. The summed E-state index contributed by atoms with van der Waals surface area (Å²) in [6.07, 6.45) is 1.68. The highest BCUT2D eigenvalue weighted by Gasteiger charge is 2.36. The Morgan fingerprint density at radius 2 is 1.84 bits per heavy atom. The second-order valence-electron chi connectivity index (χ2n) is 7.89. The molecule has 0 bridgehead atoms. The number of hydrazine groups is 1. The van der Waals surface area contributed by atoms with Gasteiger partial charge in [-0.1, -0.05) is 6.07 Å². The summed E-state index contributed by atoms with van der Waals surface area (Å²) in [6.45, 7) is 1.84. The third-order valence-corrected chi connectivity index (χ3v) is 6.82. The maximum atomic E-state index is 14.2. The maximum Gasteiger partial charge on any atom is 0.243 e. The molecule has 3 N–H and O–H groups in total. The van der Waals surface area contributed by atoms with Gasteiger partial charge in [0.25, 0.3) is 0 Å². The van der Waals surface area contributed by atoms with Crippen molar-refractivity contribution in [2.45, 2.75) is 37.1 Å². The van der Waals surface area contributed by atoms with Gasteiger partial charge in [-0.3, -0.25) is 20.4 Å². The average Bonchev–Trinajstić information content (AvgIpc) is 3.45. The van der Waals surface area contributed by atoms with Gasteiger partial charge < -0.3 is 4.90 Å². The number of hydrogen-bond acceptors (Lipinski definition) is 5. The van der Waals surface area contributed by atoms with Gasteiger partial charge in [0.15, 0.2) is 0 Å². The minimum absolute atomic E-state index is 0.0177. The highest BCUT2D eigenvalue weighted by Crippen LogP contribution is 2.28. The normalized spacial score (nSPS) is 18.8. The number of benzene rings is 2. The summed E-state index contributed by atoms with van der Waals surface area (Å²) in [5.41, 5.74) is 6.65. The van der Waals surface area contributed by atoms with Crippen LogP contribution in [0.5, 0.6) is 0 Å². The van der Waals surface area contributed by atoms with Gasteiger partial charge in [0.1, 0.15) is 5.82 Å². The molecule has 10 heteroatoms. The molecule has 1 atom stereocenters. The molecule has 2 aromatic carbocycles. The number of hydrogen-bond donors (Lipinski definition) is 3. The van der Waals surface area contributed by atoms with Gasteiger partial charge in [0.05, 0.1) is 22.2 Å². The fourth-order valence-corrected chi connectivity index (χ4v) is 4.69. The number of nitrogens with one attached hydrogen (secondary N) is 3. The molecule has 2 aliphatic rings. The quantitative estimate of drug-likeness (QED) is 0.565. The predicted molar refractivity (Wildman–Crippen MR) is 113 cm³/mol. The number of halogens is 1. The topological polar surface area (TPSA) is 108 Å². The summed E-state index contributed by atoms with van der Waals surface area (Å²) < 4.78 is 41.2. The third-order valence-electron chi connectivity index (χ3n) is 5.28. The molecule has 1 unspecified atom stereocenters. The summed E-state index contributed by atoms with van der Waals surface area (Å²) in [6, 6.07) is 10.6. The molecule has 2 fully saturated rings. The first-order valence-corrected chi connectivity index (χ1v) is 11.5. The van der Waals surface area contributed by atoms with Crippen LogP contribution in [0.25, 0.3) is 0 Å². The molecule has 0 aromatic heterocycles. The summed E-state index contributed by atoms with van der Waals surface area (Å²) in [5, 5.41) is 0. The first-order valence-electron chi connectivity index (χ1n) is 9.98. The SMILES string of the molecule is Cc1ccc(N2CC(C(=O)NNc3ccc(S(=O)(=O)NC4CC4)cc3)CC2=O)c(F)c1. The van der Waals surface area contributed by atoms with E-state index in [2.05, 4.69) is 15.6 Å². The molecular weight excluding hydrogens is 423 g/mol. The summed E-state index contributed by atoms with van der Waals surface area (Å²) >= 11 is 0. The van der Waals surface area contributed by atoms with Crippen molar-refractivity contribution in [2.75, 3.05) is 16.9 Å². The molecule has 31 heavy (non-hydrogen) atoms. The van der Waals surface area contributed by atoms with Crippen LogP contribution in [0.2, 0.25) is 0 Å². The molecule has 1 saturated heterocycles. The van der Waals surface area contributed by atoms with E-state index in [1.54, 1.807) is 13.0 Å². The smallest absolute Gasteiger partial charge is 0.243 e. The van der Waals surface area contributed by atoms with Crippen LogP contribution in [0.3, 0.4) is 0 Å². The van der Waals surface area contributed by atoms with Crippen LogP contribution in [-0.4, -0.2) is 32.8 Å². The van der Waals surface area contributed by atoms with E-state index >= 15 is 0 Å². The Balaban J connectivity index is 1.34. The number of aryl methyl sites for hydroxylation is 1. The first kappa shape index (κ1) is 21.3. The van der Waals surface area contributed by atoms with Gasteiger partial charge in [0.2, 0.25) is 21.8 Å². The van der Waals surface area contributed by atoms with Gasteiger partial charge >= 0.3 is 0 Å². The summed E-state index contributed by atoms with van der Waals surface area (Å²) in [5.74, 6) is -1.86. The van der Waals surface area contributed by atoms with E-state index in [1.165, 1.54) is 41.3 Å². The number of carbonyl (C=O) groups excluding carboxylic acids is 2. The van der Waals surface area contributed by atoms with Gasteiger partial charge in [-0.15, -0.1) is 0 Å². The Hall–Kier alpha value is -2.98. The third kappa shape index (κ3) is 4.86. The van der Waals surface area contributed by atoms with Crippen LogP contribution < -0.4 is 20.5 Å². The zero-order chi connectivity index (χ0) is 22.2. The molecule has 0 radical (unpaired) electrons. The first-order chi connectivity index (χ1) is 14.7. The van der Waals surface area contributed by atoms with Crippen molar-refractivity contribution in [3.05, 3.63) is 53.8 Å². The van der Waals surface area contributed by atoms with Crippen molar-refractivity contribution < 1.29 is 22.4 Å². The van der Waals surface area contributed by atoms with Crippen LogP contribution in [-0.2, 0) is 19.6 Å². The van der Waals surface area contributed by atoms with Crippen molar-refractivity contribution in [1.29, 1.82) is 0 Å². The molecule has 0 spiro atoms. The molecule has 164 valence electrons. The molecular formula is C21H23FN4O4S. The zero-order valence-electron chi connectivity index (χ0n) is 16.9. The minimum Gasteiger partial charge on any atom is -0.309 e. The second kappa shape index (κ2) is 8.27. The summed E-state index contributed by atoms with van der Waals surface area (Å²) in [7, 11) is -3.54. The van der Waals surface area contributed by atoms with Crippen LogP contribution in [0.15, 0.2) is 47.4 Å². The Labute approximate surface area is 179 Å². The molecule has 1 heterocycles. The van der Waals surface area contributed by atoms with E-state index in [0.29, 0.717) is 5.69 Å². The number of sulfonamides is 1. The van der Waals surface area contributed by atoms with E-state index in [9.17, 15) is 22.4 Å². The van der Waals surface area contributed by atoms with Crippen molar-refractivity contribution >= 4 is 33.2 Å². The van der Waals surface area contributed by atoms with Crippen LogP contribution >= 0.6 is 0 Å². The van der Waals surface area contributed by atoms with Crippen LogP contribution in [0.1, 0.15) is 24.8 Å². The van der Waals surface area contributed by atoms with Crippen molar-refractivity contribution in [3.63, 3.8) is 0 Å². The zero-order valence-corrected chi connectivity index (χ0v) is 17.7. The standard InChI is InChI=1S/C21H23FN4O4S/c1-13-2-9-19(18(22)10-13)26-12-14(11-20(26)27)21(28)24-23-15-5-7-17(8-6-15)31(29,30)25-16-3-4-16/h2,5-10,14,16,23,25H,3-4,11-12H2,1H3,(H,24,28). The van der Waals surface area contributed by atoms with Gasteiger partial charge in [-0.2, -0.15) is 0 Å². The fourth-order valence-electron chi connectivity index (χ4n) is 3.39. The lowest BCUT2D eigenvalue weighted by atomic mass is 10.1. The molecule has 1 aliphatic heterocycles. The predicted octanol–water partition coefficient (Wildman–Crippen LogP) is 2.07. The highest BCUT2D eigenvalue weighted by atomic mass is 32.2. The number of rotatable bonds is 7. The van der Waals surface area contributed by atoms with Crippen molar-refractivity contribution in [3.8, 4) is 0 Å². The van der Waals surface area contributed by atoms with Crippen molar-refractivity contribution in [2.24, 2.45) is 5.92 Å². The van der Waals surface area contributed by atoms with E-state index in [-0.39, 0.29) is 35.5 Å². The molecule has 8 nitrogen and oxygen atoms in total.